The second-order valence-corrected chi connectivity index (χ2v) is 6.66. The van der Waals surface area contributed by atoms with Crippen molar-refractivity contribution < 1.29 is 9.84 Å². The van der Waals surface area contributed by atoms with Gasteiger partial charge in [-0.2, -0.15) is 0 Å². The smallest absolute Gasteiger partial charge is 0.0897 e. The van der Waals surface area contributed by atoms with Crippen molar-refractivity contribution in [2.75, 3.05) is 19.8 Å². The average Bonchev–Trinajstić information content (AvgIpc) is 3.09. The molecular weight excluding hydrogens is 226 g/mol. The summed E-state index contributed by atoms with van der Waals surface area (Å²) in [5.74, 6) is 2.41. The molecule has 3 heteroatoms. The van der Waals surface area contributed by atoms with Gasteiger partial charge in [-0.1, -0.05) is 13.8 Å². The lowest BCUT2D eigenvalue weighted by molar-refractivity contribution is 0.0297. The zero-order valence-corrected chi connectivity index (χ0v) is 11.9. The van der Waals surface area contributed by atoms with Gasteiger partial charge in [0.25, 0.3) is 0 Å². The highest BCUT2D eigenvalue weighted by molar-refractivity contribution is 4.80. The second-order valence-electron chi connectivity index (χ2n) is 6.66. The van der Waals surface area contributed by atoms with Crippen molar-refractivity contribution in [1.82, 2.24) is 5.32 Å². The van der Waals surface area contributed by atoms with E-state index < -0.39 is 0 Å². The quantitative estimate of drug-likeness (QED) is 0.733. The SMILES string of the molecule is CC1CC(C)CC(NCC(O)COCC2CC2)C1. The normalized spacial score (nSPS) is 34.5. The first kappa shape index (κ1) is 14.3. The molecule has 3 atom stereocenters. The fourth-order valence-electron chi connectivity index (χ4n) is 3.13. The van der Waals surface area contributed by atoms with Crippen LogP contribution in [-0.4, -0.2) is 37.0 Å². The third-order valence-corrected chi connectivity index (χ3v) is 4.18. The van der Waals surface area contributed by atoms with Gasteiger partial charge in [0.1, 0.15) is 0 Å². The van der Waals surface area contributed by atoms with E-state index in [0.717, 1.165) is 24.4 Å². The summed E-state index contributed by atoms with van der Waals surface area (Å²) in [5.41, 5.74) is 0. The number of rotatable bonds is 7. The van der Waals surface area contributed by atoms with Crippen LogP contribution < -0.4 is 5.32 Å². The first-order valence-corrected chi connectivity index (χ1v) is 7.62. The summed E-state index contributed by atoms with van der Waals surface area (Å²) in [6.45, 7) is 6.67. The highest BCUT2D eigenvalue weighted by atomic mass is 16.5. The molecule has 0 aromatic rings. The van der Waals surface area contributed by atoms with Gasteiger partial charge in [0.15, 0.2) is 0 Å². The predicted octanol–water partition coefficient (Wildman–Crippen LogP) is 2.19. The third kappa shape index (κ3) is 5.25. The minimum atomic E-state index is -0.351. The van der Waals surface area contributed by atoms with Gasteiger partial charge in [0.2, 0.25) is 0 Å². The van der Waals surface area contributed by atoms with E-state index in [9.17, 15) is 5.11 Å². The van der Waals surface area contributed by atoms with Crippen LogP contribution in [0, 0.1) is 17.8 Å². The van der Waals surface area contributed by atoms with Crippen LogP contribution in [0.15, 0.2) is 0 Å². The molecule has 3 unspecified atom stereocenters. The highest BCUT2D eigenvalue weighted by Gasteiger charge is 2.24. The Morgan fingerprint density at radius 1 is 1.17 bits per heavy atom. The molecule has 2 N–H and O–H groups in total. The molecule has 0 amide bonds. The first-order valence-electron chi connectivity index (χ1n) is 7.62. The van der Waals surface area contributed by atoms with Gasteiger partial charge in [-0.05, 0) is 49.9 Å². The zero-order chi connectivity index (χ0) is 13.0. The van der Waals surface area contributed by atoms with E-state index in [1.165, 1.54) is 32.1 Å². The molecule has 2 aliphatic rings. The molecular formula is C15H29NO2. The van der Waals surface area contributed by atoms with Crippen LogP contribution in [0.1, 0.15) is 46.0 Å². The summed E-state index contributed by atoms with van der Waals surface area (Å²) in [6, 6.07) is 0.585. The first-order chi connectivity index (χ1) is 8.63. The topological polar surface area (TPSA) is 41.5 Å². The van der Waals surface area contributed by atoms with Crippen molar-refractivity contribution in [3.8, 4) is 0 Å². The Morgan fingerprint density at radius 2 is 1.83 bits per heavy atom. The average molecular weight is 255 g/mol. The molecule has 0 radical (unpaired) electrons. The summed E-state index contributed by atoms with van der Waals surface area (Å²) in [6.07, 6.45) is 6.13. The largest absolute Gasteiger partial charge is 0.389 e. The van der Waals surface area contributed by atoms with Gasteiger partial charge in [-0.15, -0.1) is 0 Å². The minimum absolute atomic E-state index is 0.351. The van der Waals surface area contributed by atoms with Gasteiger partial charge in [0, 0.05) is 19.2 Å². The number of hydrogen-bond acceptors (Lipinski definition) is 3. The van der Waals surface area contributed by atoms with Crippen molar-refractivity contribution in [3.05, 3.63) is 0 Å². The van der Waals surface area contributed by atoms with E-state index in [4.69, 9.17) is 4.74 Å². The Kier molecular flexibility index (Phi) is 5.46. The Morgan fingerprint density at radius 3 is 2.44 bits per heavy atom. The van der Waals surface area contributed by atoms with Crippen molar-refractivity contribution in [1.29, 1.82) is 0 Å². The van der Waals surface area contributed by atoms with E-state index in [1.807, 2.05) is 0 Å². The van der Waals surface area contributed by atoms with Crippen LogP contribution in [0.2, 0.25) is 0 Å². The van der Waals surface area contributed by atoms with Crippen molar-refractivity contribution in [2.45, 2.75) is 58.1 Å². The van der Waals surface area contributed by atoms with Gasteiger partial charge >= 0.3 is 0 Å². The maximum Gasteiger partial charge on any atom is 0.0897 e. The molecule has 0 spiro atoms. The lowest BCUT2D eigenvalue weighted by Crippen LogP contribution is -2.41. The number of aliphatic hydroxyl groups is 1. The predicted molar refractivity (Wildman–Crippen MR) is 73.5 cm³/mol. The lowest BCUT2D eigenvalue weighted by Gasteiger charge is -2.32. The summed E-state index contributed by atoms with van der Waals surface area (Å²) < 4.78 is 5.51. The Balaban J connectivity index is 1.54. The molecule has 18 heavy (non-hydrogen) atoms. The van der Waals surface area contributed by atoms with Gasteiger partial charge in [-0.25, -0.2) is 0 Å². The number of hydrogen-bond donors (Lipinski definition) is 2. The van der Waals surface area contributed by atoms with Crippen LogP contribution in [-0.2, 0) is 4.74 Å². The Bertz CT molecular complexity index is 233. The van der Waals surface area contributed by atoms with Crippen molar-refractivity contribution in [2.24, 2.45) is 17.8 Å². The van der Waals surface area contributed by atoms with E-state index in [-0.39, 0.29) is 6.10 Å². The standard InChI is InChI=1S/C15H29NO2/c1-11-5-12(2)7-14(6-11)16-8-15(17)10-18-9-13-3-4-13/h11-17H,3-10H2,1-2H3. The summed E-state index contributed by atoms with van der Waals surface area (Å²) in [7, 11) is 0. The molecule has 106 valence electrons. The fourth-order valence-corrected chi connectivity index (χ4v) is 3.13. The summed E-state index contributed by atoms with van der Waals surface area (Å²) >= 11 is 0. The minimum Gasteiger partial charge on any atom is -0.389 e. The van der Waals surface area contributed by atoms with Crippen LogP contribution in [0.5, 0.6) is 0 Å². The third-order valence-electron chi connectivity index (χ3n) is 4.18. The molecule has 0 saturated heterocycles. The van der Waals surface area contributed by atoms with Crippen molar-refractivity contribution in [3.63, 3.8) is 0 Å². The number of aliphatic hydroxyl groups excluding tert-OH is 1. The zero-order valence-electron chi connectivity index (χ0n) is 11.9. The molecule has 0 aliphatic heterocycles. The van der Waals surface area contributed by atoms with E-state index >= 15 is 0 Å². The van der Waals surface area contributed by atoms with Crippen LogP contribution >= 0.6 is 0 Å². The van der Waals surface area contributed by atoms with Crippen LogP contribution in [0.4, 0.5) is 0 Å². The van der Waals surface area contributed by atoms with Crippen LogP contribution in [0.25, 0.3) is 0 Å². The summed E-state index contributed by atoms with van der Waals surface area (Å²) in [4.78, 5) is 0. The van der Waals surface area contributed by atoms with Crippen molar-refractivity contribution >= 4 is 0 Å². The molecule has 2 fully saturated rings. The van der Waals surface area contributed by atoms with Crippen LogP contribution in [0.3, 0.4) is 0 Å². The Hall–Kier alpha value is -0.120. The molecule has 0 bridgehead atoms. The molecule has 3 nitrogen and oxygen atoms in total. The monoisotopic (exact) mass is 255 g/mol. The Labute approximate surface area is 111 Å². The maximum absolute atomic E-state index is 9.86. The number of nitrogens with one attached hydrogen (secondary N) is 1. The van der Waals surface area contributed by atoms with E-state index in [2.05, 4.69) is 19.2 Å². The van der Waals surface area contributed by atoms with Gasteiger partial charge in [-0.3, -0.25) is 0 Å². The molecule has 2 rings (SSSR count). The number of ether oxygens (including phenoxy) is 1. The molecule has 2 aliphatic carbocycles. The lowest BCUT2D eigenvalue weighted by atomic mass is 9.80. The second kappa shape index (κ2) is 6.88. The molecule has 0 aromatic heterocycles. The fraction of sp³-hybridized carbons (Fsp3) is 1.00. The van der Waals surface area contributed by atoms with Gasteiger partial charge < -0.3 is 15.2 Å². The molecule has 0 aromatic carbocycles. The highest BCUT2D eigenvalue weighted by Crippen LogP contribution is 2.29. The van der Waals surface area contributed by atoms with E-state index in [0.29, 0.717) is 19.2 Å². The summed E-state index contributed by atoms with van der Waals surface area (Å²) in [5, 5.41) is 13.4. The molecule has 2 saturated carbocycles. The maximum atomic E-state index is 9.86. The molecule has 0 heterocycles. The van der Waals surface area contributed by atoms with E-state index in [1.54, 1.807) is 0 Å². The van der Waals surface area contributed by atoms with Gasteiger partial charge in [0.05, 0.1) is 12.7 Å².